The first-order chi connectivity index (χ1) is 15.5. The molecule has 0 aliphatic carbocycles. The highest BCUT2D eigenvalue weighted by Gasteiger charge is 2.24. The van der Waals surface area contributed by atoms with E-state index in [1.165, 1.54) is 24.9 Å². The number of nitrogens with zero attached hydrogens (tertiary/aromatic N) is 3. The van der Waals surface area contributed by atoms with Crippen LogP contribution < -0.4 is 10.1 Å². The Morgan fingerprint density at radius 3 is 2.78 bits per heavy atom. The number of hydrogen-bond donors (Lipinski definition) is 2. The van der Waals surface area contributed by atoms with E-state index in [1.807, 2.05) is 48.1 Å². The largest absolute Gasteiger partial charge is 0.497 e. The normalized spacial score (nSPS) is 12.7. The van der Waals surface area contributed by atoms with Gasteiger partial charge in [-0.1, -0.05) is 24.3 Å². The molecule has 1 aliphatic rings. The maximum atomic E-state index is 11.9. The van der Waals surface area contributed by atoms with Crippen molar-refractivity contribution in [2.45, 2.75) is 13.3 Å². The zero-order valence-electron chi connectivity index (χ0n) is 17.5. The maximum Gasteiger partial charge on any atom is 0.337 e. The highest BCUT2D eigenvalue weighted by molar-refractivity contribution is 8.05. The number of carbonyl (C=O) groups is 1. The van der Waals surface area contributed by atoms with E-state index in [-0.39, 0.29) is 11.3 Å². The summed E-state index contributed by atoms with van der Waals surface area (Å²) in [6.07, 6.45) is 2.66. The Bertz CT molecular complexity index is 1300. The van der Waals surface area contributed by atoms with Crippen molar-refractivity contribution in [3.8, 4) is 17.5 Å². The van der Waals surface area contributed by atoms with E-state index >= 15 is 0 Å². The molecular weight excluding hydrogens is 424 g/mol. The average molecular weight is 445 g/mol. The number of methoxy groups -OCH3 is 1. The number of hydrogen-bond acceptors (Lipinski definition) is 6. The standard InChI is InChI=1S/C24H20N4O3S/c1-15-6-3-4-8-21(15)28-23(22(20(13-25)27-28)16-7-5-11-32-14-16)26-19-10-9-17(31-2)12-18(19)24(29)30/h3-6,8-12,14,26H,7H2,1-2H3,(H,29,30). The number of anilines is 2. The van der Waals surface area contributed by atoms with E-state index in [4.69, 9.17) is 4.74 Å². The lowest BCUT2D eigenvalue weighted by Gasteiger charge is -2.17. The molecule has 0 bridgehead atoms. The minimum atomic E-state index is -1.09. The van der Waals surface area contributed by atoms with Crippen LogP contribution in [0.2, 0.25) is 0 Å². The number of benzene rings is 2. The van der Waals surface area contributed by atoms with Gasteiger partial charge >= 0.3 is 5.97 Å². The summed E-state index contributed by atoms with van der Waals surface area (Å²) in [5.74, 6) is -0.119. The van der Waals surface area contributed by atoms with E-state index in [1.54, 1.807) is 16.8 Å². The molecule has 0 fully saturated rings. The third kappa shape index (κ3) is 3.98. The molecule has 0 atom stereocenters. The number of aryl methyl sites for hydroxylation is 1. The number of ether oxygens (including phenoxy) is 1. The molecule has 1 aromatic heterocycles. The Morgan fingerprint density at radius 1 is 1.31 bits per heavy atom. The fourth-order valence-electron chi connectivity index (χ4n) is 3.52. The van der Waals surface area contributed by atoms with Gasteiger partial charge in [0.25, 0.3) is 0 Å². The fourth-order valence-corrected chi connectivity index (χ4v) is 4.18. The topological polar surface area (TPSA) is 100 Å². The monoisotopic (exact) mass is 444 g/mol. The van der Waals surface area contributed by atoms with Gasteiger partial charge in [0.15, 0.2) is 5.69 Å². The van der Waals surface area contributed by atoms with Crippen LogP contribution in [0.5, 0.6) is 5.75 Å². The summed E-state index contributed by atoms with van der Waals surface area (Å²) < 4.78 is 6.86. The smallest absolute Gasteiger partial charge is 0.337 e. The first-order valence-electron chi connectivity index (χ1n) is 9.81. The van der Waals surface area contributed by atoms with Crippen LogP contribution in [0.1, 0.15) is 33.6 Å². The minimum absolute atomic E-state index is 0.0539. The van der Waals surface area contributed by atoms with Crippen molar-refractivity contribution in [3.63, 3.8) is 0 Å². The van der Waals surface area contributed by atoms with Gasteiger partial charge in [-0.3, -0.25) is 0 Å². The van der Waals surface area contributed by atoms with Gasteiger partial charge < -0.3 is 15.2 Å². The molecule has 2 heterocycles. The van der Waals surface area contributed by atoms with Crippen molar-refractivity contribution in [2.75, 3.05) is 12.4 Å². The van der Waals surface area contributed by atoms with E-state index in [0.29, 0.717) is 29.2 Å². The molecular formula is C24H20N4O3S. The van der Waals surface area contributed by atoms with Crippen LogP contribution in [0.15, 0.2) is 59.4 Å². The van der Waals surface area contributed by atoms with Gasteiger partial charge in [-0.05, 0) is 59.6 Å². The Labute approximate surface area is 189 Å². The highest BCUT2D eigenvalue weighted by atomic mass is 32.2. The highest BCUT2D eigenvalue weighted by Crippen LogP contribution is 2.38. The van der Waals surface area contributed by atoms with Gasteiger partial charge in [-0.15, -0.1) is 11.8 Å². The van der Waals surface area contributed by atoms with E-state index in [2.05, 4.69) is 16.5 Å². The third-order valence-electron chi connectivity index (χ3n) is 5.09. The van der Waals surface area contributed by atoms with Crippen molar-refractivity contribution in [1.29, 1.82) is 5.26 Å². The average Bonchev–Trinajstić information content (AvgIpc) is 3.18. The second kappa shape index (κ2) is 9.04. The number of carboxylic acids is 1. The number of carboxylic acid groups (broad SMARTS) is 1. The number of nitrogens with one attached hydrogen (secondary N) is 1. The summed E-state index contributed by atoms with van der Waals surface area (Å²) in [6, 6.07) is 14.7. The van der Waals surface area contributed by atoms with Crippen LogP contribution in [0, 0.1) is 18.3 Å². The molecule has 0 amide bonds. The number of aromatic carboxylic acids is 1. The van der Waals surface area contributed by atoms with Crippen LogP contribution in [-0.2, 0) is 0 Å². The van der Waals surface area contributed by atoms with Crippen LogP contribution in [-0.4, -0.2) is 28.0 Å². The van der Waals surface area contributed by atoms with Gasteiger partial charge in [0.1, 0.15) is 17.6 Å². The second-order valence-corrected chi connectivity index (χ2v) is 7.86. The quantitative estimate of drug-likeness (QED) is 0.518. The number of nitriles is 1. The van der Waals surface area contributed by atoms with Crippen molar-refractivity contribution < 1.29 is 14.6 Å². The molecule has 4 rings (SSSR count). The molecule has 0 unspecified atom stereocenters. The summed E-state index contributed by atoms with van der Waals surface area (Å²) in [5.41, 5.74) is 4.04. The molecule has 0 saturated heterocycles. The Balaban J connectivity index is 1.95. The molecule has 0 radical (unpaired) electrons. The van der Waals surface area contributed by atoms with Crippen LogP contribution in [0.3, 0.4) is 0 Å². The lowest BCUT2D eigenvalue weighted by atomic mass is 10.0. The van der Waals surface area contributed by atoms with Gasteiger partial charge in [-0.2, -0.15) is 10.4 Å². The van der Waals surface area contributed by atoms with E-state index < -0.39 is 5.97 Å². The van der Waals surface area contributed by atoms with Crippen molar-refractivity contribution in [1.82, 2.24) is 9.78 Å². The second-order valence-electron chi connectivity index (χ2n) is 7.08. The van der Waals surface area contributed by atoms with E-state index in [0.717, 1.165) is 16.8 Å². The van der Waals surface area contributed by atoms with Gasteiger partial charge in [0.2, 0.25) is 0 Å². The van der Waals surface area contributed by atoms with Gasteiger partial charge in [0, 0.05) is 0 Å². The molecule has 32 heavy (non-hydrogen) atoms. The molecule has 1 aliphatic heterocycles. The summed E-state index contributed by atoms with van der Waals surface area (Å²) in [6.45, 7) is 1.96. The van der Waals surface area contributed by atoms with Crippen LogP contribution in [0.4, 0.5) is 11.5 Å². The maximum absolute atomic E-state index is 11.9. The zero-order valence-corrected chi connectivity index (χ0v) is 18.3. The van der Waals surface area contributed by atoms with E-state index in [9.17, 15) is 15.2 Å². The molecule has 0 saturated carbocycles. The predicted molar refractivity (Wildman–Crippen MR) is 126 cm³/mol. The molecule has 0 spiro atoms. The molecule has 160 valence electrons. The summed E-state index contributed by atoms with van der Waals surface area (Å²) in [7, 11) is 1.49. The molecule has 7 nitrogen and oxygen atoms in total. The van der Waals surface area contributed by atoms with Gasteiger partial charge in [0.05, 0.1) is 29.6 Å². The first-order valence-corrected chi connectivity index (χ1v) is 10.7. The molecule has 3 aromatic rings. The number of aromatic nitrogens is 2. The number of thioether (sulfide) groups is 1. The van der Waals surface area contributed by atoms with Gasteiger partial charge in [-0.25, -0.2) is 9.48 Å². The molecule has 8 heteroatoms. The lowest BCUT2D eigenvalue weighted by Crippen LogP contribution is -2.09. The van der Waals surface area contributed by atoms with Crippen molar-refractivity contribution in [3.05, 3.63) is 81.7 Å². The lowest BCUT2D eigenvalue weighted by molar-refractivity contribution is 0.0697. The Hall–Kier alpha value is -3.96. The van der Waals surface area contributed by atoms with Crippen LogP contribution in [0.25, 0.3) is 11.3 Å². The van der Waals surface area contributed by atoms with Crippen LogP contribution >= 0.6 is 11.8 Å². The third-order valence-corrected chi connectivity index (χ3v) is 5.86. The number of allylic oxidation sites excluding steroid dienone is 2. The number of rotatable bonds is 6. The molecule has 2 aromatic carbocycles. The Morgan fingerprint density at radius 2 is 2.12 bits per heavy atom. The summed E-state index contributed by atoms with van der Waals surface area (Å²) in [4.78, 5) is 11.9. The fraction of sp³-hybridized carbons (Fsp3) is 0.125. The van der Waals surface area contributed by atoms with Crippen molar-refractivity contribution in [2.24, 2.45) is 0 Å². The minimum Gasteiger partial charge on any atom is -0.497 e. The van der Waals surface area contributed by atoms with Crippen molar-refractivity contribution >= 4 is 34.8 Å². The predicted octanol–water partition coefficient (Wildman–Crippen LogP) is 5.49. The summed E-state index contributed by atoms with van der Waals surface area (Å²) in [5, 5.41) is 31.4. The number of para-hydroxylation sites is 1. The zero-order chi connectivity index (χ0) is 22.7. The summed E-state index contributed by atoms with van der Waals surface area (Å²) >= 11 is 1.53. The Kier molecular flexibility index (Phi) is 6.01. The molecule has 2 N–H and O–H groups in total. The first kappa shape index (κ1) is 21.3. The SMILES string of the molecule is COc1ccc(Nc2c(C3=CSC=CC3)c(C#N)nn2-c2ccccc2C)c(C(=O)O)c1.